The first-order valence-corrected chi connectivity index (χ1v) is 9.13. The number of rotatable bonds is 4. The predicted molar refractivity (Wildman–Crippen MR) is 87.3 cm³/mol. The van der Waals surface area contributed by atoms with Gasteiger partial charge in [-0.1, -0.05) is 33.6 Å². The van der Waals surface area contributed by atoms with Crippen LogP contribution in [-0.4, -0.2) is 8.42 Å². The second kappa shape index (κ2) is 6.75. The Bertz CT molecular complexity index is 784. The summed E-state index contributed by atoms with van der Waals surface area (Å²) >= 11 is 12.1. The van der Waals surface area contributed by atoms with E-state index in [4.69, 9.17) is 11.6 Å². The van der Waals surface area contributed by atoms with E-state index in [-0.39, 0.29) is 16.5 Å². The molecule has 8 heteroatoms. The molecule has 21 heavy (non-hydrogen) atoms. The third kappa shape index (κ3) is 4.26. The Labute approximate surface area is 143 Å². The Hall–Kier alpha value is -0.470. The fourth-order valence-electron chi connectivity index (χ4n) is 1.60. The minimum atomic E-state index is -3.68. The van der Waals surface area contributed by atoms with Crippen LogP contribution < -0.4 is 4.72 Å². The van der Waals surface area contributed by atoms with Gasteiger partial charge in [-0.15, -0.1) is 0 Å². The van der Waals surface area contributed by atoms with Gasteiger partial charge in [0.25, 0.3) is 0 Å². The summed E-state index contributed by atoms with van der Waals surface area (Å²) in [5.74, 6) is -0.543. The van der Waals surface area contributed by atoms with Gasteiger partial charge in [0, 0.05) is 15.5 Å². The summed E-state index contributed by atoms with van der Waals surface area (Å²) in [6.07, 6.45) is 0. The topological polar surface area (TPSA) is 46.2 Å². The first-order valence-electron chi connectivity index (χ1n) is 5.68. The normalized spacial score (nSPS) is 11.6. The summed E-state index contributed by atoms with van der Waals surface area (Å²) in [6, 6.07) is 8.81. The molecule has 0 heterocycles. The lowest BCUT2D eigenvalue weighted by Crippen LogP contribution is -2.23. The van der Waals surface area contributed by atoms with Crippen LogP contribution in [-0.2, 0) is 16.6 Å². The van der Waals surface area contributed by atoms with Gasteiger partial charge in [-0.05, 0) is 51.8 Å². The van der Waals surface area contributed by atoms with Gasteiger partial charge in [0.1, 0.15) is 5.82 Å². The highest BCUT2D eigenvalue weighted by molar-refractivity contribution is 9.11. The fourth-order valence-corrected chi connectivity index (χ4v) is 4.56. The van der Waals surface area contributed by atoms with Gasteiger partial charge >= 0.3 is 0 Å². The smallest absolute Gasteiger partial charge is 0.207 e. The fraction of sp³-hybridized carbons (Fsp3) is 0.0769. The van der Waals surface area contributed by atoms with Gasteiger partial charge in [-0.25, -0.2) is 17.5 Å². The van der Waals surface area contributed by atoms with Crippen molar-refractivity contribution < 1.29 is 12.8 Å². The van der Waals surface area contributed by atoms with Crippen molar-refractivity contribution in [1.82, 2.24) is 4.72 Å². The van der Waals surface area contributed by atoms with Gasteiger partial charge < -0.3 is 0 Å². The highest BCUT2D eigenvalue weighted by Gasteiger charge is 2.17. The molecule has 2 aromatic rings. The van der Waals surface area contributed by atoms with Crippen molar-refractivity contribution in [1.29, 1.82) is 0 Å². The van der Waals surface area contributed by atoms with E-state index in [0.717, 1.165) is 4.47 Å². The Morgan fingerprint density at radius 2 is 1.86 bits per heavy atom. The molecule has 1 N–H and O–H groups in total. The molecule has 0 amide bonds. The van der Waals surface area contributed by atoms with E-state index in [9.17, 15) is 12.8 Å². The van der Waals surface area contributed by atoms with Crippen LogP contribution in [0.25, 0.3) is 0 Å². The largest absolute Gasteiger partial charge is 0.241 e. The molecule has 2 rings (SSSR count). The number of hydrogen-bond acceptors (Lipinski definition) is 2. The zero-order chi connectivity index (χ0) is 15.6. The van der Waals surface area contributed by atoms with E-state index in [2.05, 4.69) is 36.6 Å². The molecule has 0 fully saturated rings. The van der Waals surface area contributed by atoms with Crippen LogP contribution in [0.5, 0.6) is 0 Å². The summed E-state index contributed by atoms with van der Waals surface area (Å²) in [4.78, 5) is 0.124. The molecule has 0 unspecified atom stereocenters. The van der Waals surface area contributed by atoms with Crippen LogP contribution in [0, 0.1) is 5.82 Å². The molecule has 0 aromatic heterocycles. The molecule has 0 bridgehead atoms. The van der Waals surface area contributed by atoms with Crippen LogP contribution in [0.3, 0.4) is 0 Å². The van der Waals surface area contributed by atoms with Crippen LogP contribution in [0.15, 0.2) is 50.2 Å². The van der Waals surface area contributed by atoms with Gasteiger partial charge in [0.15, 0.2) is 0 Å². The number of nitrogens with one attached hydrogen (secondary N) is 1. The molecule has 2 aromatic carbocycles. The highest BCUT2D eigenvalue weighted by Crippen LogP contribution is 2.26. The van der Waals surface area contributed by atoms with E-state index >= 15 is 0 Å². The lowest BCUT2D eigenvalue weighted by atomic mass is 10.2. The van der Waals surface area contributed by atoms with E-state index < -0.39 is 15.8 Å². The summed E-state index contributed by atoms with van der Waals surface area (Å²) in [7, 11) is -3.68. The highest BCUT2D eigenvalue weighted by atomic mass is 79.9. The molecule has 0 aliphatic carbocycles. The maximum absolute atomic E-state index is 13.0. The molecule has 0 atom stereocenters. The second-order valence-corrected chi connectivity index (χ2v) is 8.06. The third-order valence-corrected chi connectivity index (χ3v) is 5.79. The molecular formula is C13H9Br2ClFNO2S. The van der Waals surface area contributed by atoms with Crippen molar-refractivity contribution in [2.45, 2.75) is 11.4 Å². The van der Waals surface area contributed by atoms with E-state index in [1.807, 2.05) is 0 Å². The monoisotopic (exact) mass is 455 g/mol. The van der Waals surface area contributed by atoms with Gasteiger partial charge in [0.05, 0.1) is 9.92 Å². The van der Waals surface area contributed by atoms with Crippen molar-refractivity contribution in [3.05, 3.63) is 61.7 Å². The molecular weight excluding hydrogens is 448 g/mol. The van der Waals surface area contributed by atoms with Crippen LogP contribution in [0.2, 0.25) is 5.02 Å². The van der Waals surface area contributed by atoms with Gasteiger partial charge in [0.2, 0.25) is 10.0 Å². The maximum atomic E-state index is 13.0. The van der Waals surface area contributed by atoms with Gasteiger partial charge in [-0.3, -0.25) is 0 Å². The molecule has 0 saturated heterocycles. The van der Waals surface area contributed by atoms with Crippen molar-refractivity contribution in [3.8, 4) is 0 Å². The van der Waals surface area contributed by atoms with Crippen LogP contribution >= 0.6 is 43.5 Å². The maximum Gasteiger partial charge on any atom is 0.241 e. The average molecular weight is 458 g/mol. The quantitative estimate of drug-likeness (QED) is 0.736. The first-order chi connectivity index (χ1) is 9.79. The molecule has 0 spiro atoms. The SMILES string of the molecule is O=S(=O)(NCc1ccc(F)c(Cl)c1)c1ccc(Br)cc1Br. The third-order valence-electron chi connectivity index (χ3n) is 2.63. The standard InChI is InChI=1S/C13H9Br2ClFNO2S/c14-9-2-4-13(10(15)6-9)21(19,20)18-7-8-1-3-12(17)11(16)5-8/h1-6,18H,7H2. The summed E-state index contributed by atoms with van der Waals surface area (Å²) < 4.78 is 41.2. The van der Waals surface area contributed by atoms with Crippen molar-refractivity contribution in [3.63, 3.8) is 0 Å². The number of benzene rings is 2. The molecule has 0 aliphatic rings. The number of halogens is 4. The number of sulfonamides is 1. The molecule has 112 valence electrons. The predicted octanol–water partition coefficient (Wildman–Crippen LogP) is 4.48. The lowest BCUT2D eigenvalue weighted by molar-refractivity contribution is 0.580. The average Bonchev–Trinajstić information content (AvgIpc) is 2.40. The van der Waals surface area contributed by atoms with Crippen molar-refractivity contribution in [2.75, 3.05) is 0 Å². The molecule has 0 aliphatic heterocycles. The van der Waals surface area contributed by atoms with Crippen molar-refractivity contribution in [2.24, 2.45) is 0 Å². The second-order valence-electron chi connectivity index (χ2n) is 4.15. The molecule has 0 radical (unpaired) electrons. The summed E-state index contributed by atoms with van der Waals surface area (Å²) in [5, 5.41) is -0.0449. The van der Waals surface area contributed by atoms with Crippen LogP contribution in [0.4, 0.5) is 4.39 Å². The van der Waals surface area contributed by atoms with Crippen LogP contribution in [0.1, 0.15) is 5.56 Å². The Balaban J connectivity index is 2.19. The molecule has 0 saturated carbocycles. The van der Waals surface area contributed by atoms with Gasteiger partial charge in [-0.2, -0.15) is 0 Å². The Morgan fingerprint density at radius 3 is 2.48 bits per heavy atom. The number of hydrogen-bond donors (Lipinski definition) is 1. The Kier molecular flexibility index (Phi) is 5.43. The zero-order valence-electron chi connectivity index (χ0n) is 10.4. The minimum Gasteiger partial charge on any atom is -0.207 e. The molecule has 3 nitrogen and oxygen atoms in total. The van der Waals surface area contributed by atoms with E-state index in [1.165, 1.54) is 24.3 Å². The zero-order valence-corrected chi connectivity index (χ0v) is 15.2. The van der Waals surface area contributed by atoms with Crippen molar-refractivity contribution >= 4 is 53.5 Å². The lowest BCUT2D eigenvalue weighted by Gasteiger charge is -2.09. The van der Waals surface area contributed by atoms with E-state index in [1.54, 1.807) is 12.1 Å². The Morgan fingerprint density at radius 1 is 1.14 bits per heavy atom. The minimum absolute atomic E-state index is 0.0187. The van der Waals surface area contributed by atoms with E-state index in [0.29, 0.717) is 10.0 Å². The summed E-state index contributed by atoms with van der Waals surface area (Å²) in [5.41, 5.74) is 0.568. The first kappa shape index (κ1) is 16.9. The summed E-state index contributed by atoms with van der Waals surface area (Å²) in [6.45, 7) is 0.0187.